The molecule has 1 saturated heterocycles. The molecule has 124 valence electrons. The van der Waals surface area contributed by atoms with Gasteiger partial charge in [0.1, 0.15) is 11.5 Å². The van der Waals surface area contributed by atoms with Crippen molar-refractivity contribution in [1.29, 1.82) is 0 Å². The van der Waals surface area contributed by atoms with Crippen molar-refractivity contribution in [2.24, 2.45) is 11.7 Å². The molecule has 4 unspecified atom stereocenters. The van der Waals surface area contributed by atoms with E-state index in [4.69, 9.17) is 10.8 Å². The minimum atomic E-state index is 0.0262. The molecule has 2 fully saturated rings. The molecule has 0 spiro atoms. The van der Waals surface area contributed by atoms with Crippen LogP contribution in [0.5, 0.6) is 0 Å². The van der Waals surface area contributed by atoms with Crippen LogP contribution < -0.4 is 21.9 Å². The van der Waals surface area contributed by atoms with Crippen molar-refractivity contribution in [1.82, 2.24) is 20.8 Å². The first kappa shape index (κ1) is 14.9. The van der Waals surface area contributed by atoms with Crippen LogP contribution >= 0.6 is 0 Å². The van der Waals surface area contributed by atoms with Gasteiger partial charge in [0.2, 0.25) is 0 Å². The Morgan fingerprint density at radius 3 is 3.13 bits per heavy atom. The summed E-state index contributed by atoms with van der Waals surface area (Å²) in [5, 5.41) is 13.4. The Kier molecular flexibility index (Phi) is 3.94. The van der Waals surface area contributed by atoms with Crippen molar-refractivity contribution in [3.05, 3.63) is 23.9 Å². The molecule has 2 aliphatic rings. The Balaban J connectivity index is 1.65. The normalized spacial score (nSPS) is 30.5. The van der Waals surface area contributed by atoms with E-state index in [9.17, 15) is 0 Å². The SMILES string of the molecule is NC1NNC2CCC(c3cc(NCCO)nc4[nH]ccc34)CC12. The van der Waals surface area contributed by atoms with Gasteiger partial charge in [-0.3, -0.25) is 5.43 Å². The number of H-pyrrole nitrogens is 1. The third-order valence-electron chi connectivity index (χ3n) is 5.21. The standard InChI is InChI=1S/C16H24N6O/c17-15-12-7-9(1-2-13(12)21-22-15)11-8-14(18-5-6-23)20-16-10(11)3-4-19-16/h3-4,8-9,12-13,15,21-23H,1-2,5-7,17H2,(H2,18,19,20). The van der Waals surface area contributed by atoms with Crippen LogP contribution in [0.15, 0.2) is 18.3 Å². The van der Waals surface area contributed by atoms with Crippen molar-refractivity contribution in [3.63, 3.8) is 0 Å². The van der Waals surface area contributed by atoms with E-state index >= 15 is 0 Å². The van der Waals surface area contributed by atoms with E-state index in [1.807, 2.05) is 6.20 Å². The number of aromatic amines is 1. The highest BCUT2D eigenvalue weighted by molar-refractivity contribution is 5.82. The molecule has 23 heavy (non-hydrogen) atoms. The average Bonchev–Trinajstić information content (AvgIpc) is 3.19. The largest absolute Gasteiger partial charge is 0.395 e. The number of anilines is 1. The lowest BCUT2D eigenvalue weighted by Gasteiger charge is -2.32. The Hall–Kier alpha value is -1.67. The van der Waals surface area contributed by atoms with Crippen LogP contribution in [-0.4, -0.2) is 40.4 Å². The van der Waals surface area contributed by atoms with Gasteiger partial charge in [-0.2, -0.15) is 0 Å². The molecular formula is C16H24N6O. The molecule has 3 heterocycles. The number of nitrogens with two attached hydrogens (primary N) is 1. The third kappa shape index (κ3) is 2.70. The molecule has 7 N–H and O–H groups in total. The van der Waals surface area contributed by atoms with Crippen LogP contribution in [0.4, 0.5) is 5.82 Å². The fourth-order valence-electron chi connectivity index (χ4n) is 4.05. The van der Waals surface area contributed by atoms with Crippen LogP contribution in [0.25, 0.3) is 11.0 Å². The summed E-state index contributed by atoms with van der Waals surface area (Å²) in [6, 6.07) is 4.72. The van der Waals surface area contributed by atoms with Crippen LogP contribution in [0.2, 0.25) is 0 Å². The average molecular weight is 316 g/mol. The summed E-state index contributed by atoms with van der Waals surface area (Å²) in [6.45, 7) is 0.603. The quantitative estimate of drug-likeness (QED) is 0.493. The van der Waals surface area contributed by atoms with E-state index < -0.39 is 0 Å². The number of nitrogens with one attached hydrogen (secondary N) is 4. The summed E-state index contributed by atoms with van der Waals surface area (Å²) in [6.07, 6.45) is 5.32. The van der Waals surface area contributed by atoms with Crippen LogP contribution in [0, 0.1) is 5.92 Å². The fourth-order valence-corrected chi connectivity index (χ4v) is 4.05. The minimum Gasteiger partial charge on any atom is -0.395 e. The molecule has 0 aromatic carbocycles. The molecule has 1 saturated carbocycles. The fraction of sp³-hybridized carbons (Fsp3) is 0.562. The highest BCUT2D eigenvalue weighted by Crippen LogP contribution is 2.41. The summed E-state index contributed by atoms with van der Waals surface area (Å²) < 4.78 is 0. The number of rotatable bonds is 4. The Morgan fingerprint density at radius 2 is 2.26 bits per heavy atom. The zero-order valence-electron chi connectivity index (χ0n) is 13.0. The van der Waals surface area contributed by atoms with Gasteiger partial charge in [-0.15, -0.1) is 0 Å². The number of nitrogens with zero attached hydrogens (tertiary/aromatic N) is 1. The summed E-state index contributed by atoms with van der Waals surface area (Å²) in [4.78, 5) is 7.79. The van der Waals surface area contributed by atoms with Gasteiger partial charge in [-0.1, -0.05) is 0 Å². The van der Waals surface area contributed by atoms with Crippen molar-refractivity contribution in [2.75, 3.05) is 18.5 Å². The monoisotopic (exact) mass is 316 g/mol. The van der Waals surface area contributed by atoms with Crippen molar-refractivity contribution < 1.29 is 5.11 Å². The van der Waals surface area contributed by atoms with Crippen LogP contribution in [0.3, 0.4) is 0 Å². The van der Waals surface area contributed by atoms with E-state index in [-0.39, 0.29) is 12.8 Å². The topological polar surface area (TPSA) is 111 Å². The van der Waals surface area contributed by atoms with Gasteiger partial charge in [0.25, 0.3) is 0 Å². The molecule has 7 heteroatoms. The smallest absolute Gasteiger partial charge is 0.139 e. The minimum absolute atomic E-state index is 0.0262. The van der Waals surface area contributed by atoms with E-state index in [2.05, 4.69) is 38.3 Å². The van der Waals surface area contributed by atoms with Gasteiger partial charge in [0, 0.05) is 30.1 Å². The Bertz CT molecular complexity index is 686. The number of aliphatic hydroxyl groups excluding tert-OH is 1. The molecule has 0 amide bonds. The molecule has 1 aliphatic heterocycles. The highest BCUT2D eigenvalue weighted by Gasteiger charge is 2.39. The first-order valence-corrected chi connectivity index (χ1v) is 8.35. The maximum Gasteiger partial charge on any atom is 0.139 e. The van der Waals surface area contributed by atoms with Crippen LogP contribution in [-0.2, 0) is 0 Å². The summed E-state index contributed by atoms with van der Waals surface area (Å²) >= 11 is 0. The predicted octanol–water partition coefficient (Wildman–Crippen LogP) is 0.612. The summed E-state index contributed by atoms with van der Waals surface area (Å²) in [7, 11) is 0. The van der Waals surface area contributed by atoms with Crippen molar-refractivity contribution >= 4 is 16.9 Å². The molecule has 0 bridgehead atoms. The maximum atomic E-state index is 9.02. The van der Waals surface area contributed by atoms with Gasteiger partial charge in [-0.05, 0) is 42.9 Å². The Labute approximate surface area is 135 Å². The lowest BCUT2D eigenvalue weighted by Crippen LogP contribution is -2.39. The lowest BCUT2D eigenvalue weighted by molar-refractivity contribution is 0.279. The molecule has 4 atom stereocenters. The Morgan fingerprint density at radius 1 is 1.35 bits per heavy atom. The van der Waals surface area contributed by atoms with E-state index in [1.165, 1.54) is 10.9 Å². The molecule has 1 aliphatic carbocycles. The number of pyridine rings is 1. The molecule has 0 radical (unpaired) electrons. The van der Waals surface area contributed by atoms with Gasteiger partial charge in [-0.25, -0.2) is 10.4 Å². The number of aliphatic hydroxyl groups is 1. The lowest BCUT2D eigenvalue weighted by atomic mass is 9.74. The van der Waals surface area contributed by atoms with Gasteiger partial charge in [0.05, 0.1) is 12.8 Å². The number of hydrogen-bond acceptors (Lipinski definition) is 6. The predicted molar refractivity (Wildman–Crippen MR) is 89.8 cm³/mol. The summed E-state index contributed by atoms with van der Waals surface area (Å²) in [5.41, 5.74) is 14.9. The maximum absolute atomic E-state index is 9.02. The van der Waals surface area contributed by atoms with Gasteiger partial charge < -0.3 is 21.1 Å². The van der Waals surface area contributed by atoms with E-state index in [0.29, 0.717) is 24.4 Å². The molecule has 7 nitrogen and oxygen atoms in total. The molecule has 2 aromatic heterocycles. The van der Waals surface area contributed by atoms with E-state index in [0.717, 1.165) is 30.7 Å². The third-order valence-corrected chi connectivity index (χ3v) is 5.21. The second-order valence-corrected chi connectivity index (χ2v) is 6.58. The zero-order valence-corrected chi connectivity index (χ0v) is 13.0. The highest BCUT2D eigenvalue weighted by atomic mass is 16.3. The van der Waals surface area contributed by atoms with Gasteiger partial charge in [0.15, 0.2) is 0 Å². The zero-order chi connectivity index (χ0) is 15.8. The van der Waals surface area contributed by atoms with Crippen molar-refractivity contribution in [3.8, 4) is 0 Å². The second-order valence-electron chi connectivity index (χ2n) is 6.58. The number of hydrogen-bond donors (Lipinski definition) is 6. The van der Waals surface area contributed by atoms with Crippen LogP contribution in [0.1, 0.15) is 30.7 Å². The number of fused-ring (bicyclic) bond motifs is 2. The van der Waals surface area contributed by atoms with Crippen molar-refractivity contribution in [2.45, 2.75) is 37.4 Å². The number of hydrazine groups is 1. The number of aromatic nitrogens is 2. The van der Waals surface area contributed by atoms with E-state index in [1.54, 1.807) is 0 Å². The molecule has 2 aromatic rings. The van der Waals surface area contributed by atoms with Gasteiger partial charge >= 0.3 is 0 Å². The molecular weight excluding hydrogens is 292 g/mol. The first-order valence-electron chi connectivity index (χ1n) is 8.35. The first-order chi connectivity index (χ1) is 11.3. The molecule has 4 rings (SSSR count). The second kappa shape index (κ2) is 6.09. The summed E-state index contributed by atoms with van der Waals surface area (Å²) in [5.74, 6) is 1.77.